The maximum absolute atomic E-state index is 5.23. The molecule has 76 valence electrons. The molecule has 0 radical (unpaired) electrons. The van der Waals surface area contributed by atoms with Crippen molar-refractivity contribution in [2.24, 2.45) is 0 Å². The summed E-state index contributed by atoms with van der Waals surface area (Å²) in [5, 5.41) is 3.51. The average molecular weight is 191 g/mol. The summed E-state index contributed by atoms with van der Waals surface area (Å²) in [6, 6.07) is 6.35. The quantitative estimate of drug-likeness (QED) is 0.733. The van der Waals surface area contributed by atoms with Gasteiger partial charge < -0.3 is 10.1 Å². The Morgan fingerprint density at radius 1 is 1.36 bits per heavy atom. The molecule has 0 spiro atoms. The largest absolute Gasteiger partial charge is 0.497 e. The van der Waals surface area contributed by atoms with E-state index in [4.69, 9.17) is 4.74 Å². The Bertz CT molecular complexity index is 344. The number of ether oxygens (including phenoxy) is 1. The third-order valence-corrected chi connectivity index (χ3v) is 2.95. The van der Waals surface area contributed by atoms with Gasteiger partial charge in [-0.25, -0.2) is 0 Å². The molecule has 1 N–H and O–H groups in total. The minimum Gasteiger partial charge on any atom is -0.497 e. The molecule has 0 saturated heterocycles. The van der Waals surface area contributed by atoms with Gasteiger partial charge in [-0.2, -0.15) is 0 Å². The highest BCUT2D eigenvalue weighted by Gasteiger charge is 2.26. The highest BCUT2D eigenvalue weighted by atomic mass is 16.5. The summed E-state index contributed by atoms with van der Waals surface area (Å²) in [5.41, 5.74) is 2.90. The van der Waals surface area contributed by atoms with Gasteiger partial charge in [0, 0.05) is 5.54 Å². The van der Waals surface area contributed by atoms with Crippen LogP contribution >= 0.6 is 0 Å². The smallest absolute Gasteiger partial charge is 0.119 e. The molecular formula is C12H17NO. The molecule has 0 aromatic heterocycles. The molecule has 1 aliphatic rings. The van der Waals surface area contributed by atoms with Crippen LogP contribution < -0.4 is 10.1 Å². The lowest BCUT2D eigenvalue weighted by atomic mass is 9.85. The van der Waals surface area contributed by atoms with Gasteiger partial charge in [-0.15, -0.1) is 0 Å². The third-order valence-electron chi connectivity index (χ3n) is 2.95. The zero-order valence-corrected chi connectivity index (χ0v) is 9.05. The first-order valence-corrected chi connectivity index (χ1v) is 5.06. The van der Waals surface area contributed by atoms with Crippen molar-refractivity contribution in [3.05, 3.63) is 29.3 Å². The normalized spacial score (nSPS) is 18.8. The summed E-state index contributed by atoms with van der Waals surface area (Å²) < 4.78 is 5.23. The number of rotatable bonds is 1. The molecule has 0 bridgehead atoms. The van der Waals surface area contributed by atoms with Crippen LogP contribution in [0.1, 0.15) is 25.0 Å². The summed E-state index contributed by atoms with van der Waals surface area (Å²) in [7, 11) is 1.72. The molecule has 2 heteroatoms. The molecule has 0 fully saturated rings. The molecular weight excluding hydrogens is 174 g/mol. The molecule has 1 aromatic carbocycles. The Hall–Kier alpha value is -1.02. The lowest BCUT2D eigenvalue weighted by molar-refractivity contribution is 0.377. The van der Waals surface area contributed by atoms with Gasteiger partial charge in [-0.3, -0.25) is 0 Å². The zero-order valence-electron chi connectivity index (χ0n) is 9.05. The highest BCUT2D eigenvalue weighted by Crippen LogP contribution is 2.30. The first-order chi connectivity index (χ1) is 6.63. The molecule has 1 heterocycles. The molecule has 0 unspecified atom stereocenters. The Labute approximate surface area is 85.3 Å². The lowest BCUT2D eigenvalue weighted by Gasteiger charge is -2.34. The van der Waals surface area contributed by atoms with Crippen molar-refractivity contribution >= 4 is 0 Å². The van der Waals surface area contributed by atoms with Crippen molar-refractivity contribution in [1.82, 2.24) is 5.32 Å². The van der Waals surface area contributed by atoms with E-state index < -0.39 is 0 Å². The van der Waals surface area contributed by atoms with Gasteiger partial charge in [0.25, 0.3) is 0 Å². The molecule has 1 aromatic rings. The fourth-order valence-corrected chi connectivity index (χ4v) is 2.12. The van der Waals surface area contributed by atoms with Crippen molar-refractivity contribution < 1.29 is 4.74 Å². The van der Waals surface area contributed by atoms with Gasteiger partial charge in [-0.1, -0.05) is 6.07 Å². The molecule has 0 amide bonds. The Balaban J connectivity index is 2.46. The first kappa shape index (κ1) is 9.53. The third kappa shape index (κ3) is 1.50. The Morgan fingerprint density at radius 2 is 2.14 bits per heavy atom. The average Bonchev–Trinajstić information content (AvgIpc) is 2.16. The summed E-state index contributed by atoms with van der Waals surface area (Å²) >= 11 is 0. The van der Waals surface area contributed by atoms with Crippen LogP contribution in [0.15, 0.2) is 18.2 Å². The second-order valence-corrected chi connectivity index (χ2v) is 4.32. The van der Waals surface area contributed by atoms with E-state index in [0.717, 1.165) is 18.7 Å². The lowest BCUT2D eigenvalue weighted by Crippen LogP contribution is -2.42. The maximum atomic E-state index is 5.23. The number of methoxy groups -OCH3 is 1. The van der Waals surface area contributed by atoms with Crippen LogP contribution in [0.25, 0.3) is 0 Å². The van der Waals surface area contributed by atoms with Crippen molar-refractivity contribution in [3.8, 4) is 5.75 Å². The number of hydrogen-bond donors (Lipinski definition) is 1. The first-order valence-electron chi connectivity index (χ1n) is 5.06. The highest BCUT2D eigenvalue weighted by molar-refractivity contribution is 5.41. The van der Waals surface area contributed by atoms with E-state index in [2.05, 4.69) is 31.3 Å². The molecule has 14 heavy (non-hydrogen) atoms. The standard InChI is InChI=1S/C12H17NO/c1-12(2)11-5-4-10(14-3)8-9(11)6-7-13-12/h4-5,8,13H,6-7H2,1-3H3. The van der Waals surface area contributed by atoms with E-state index in [1.807, 2.05) is 6.07 Å². The second kappa shape index (κ2) is 3.28. The monoisotopic (exact) mass is 191 g/mol. The van der Waals surface area contributed by atoms with Crippen molar-refractivity contribution in [2.45, 2.75) is 25.8 Å². The van der Waals surface area contributed by atoms with Gasteiger partial charge in [0.1, 0.15) is 5.75 Å². The fourth-order valence-electron chi connectivity index (χ4n) is 2.12. The van der Waals surface area contributed by atoms with Crippen molar-refractivity contribution in [2.75, 3.05) is 13.7 Å². The van der Waals surface area contributed by atoms with E-state index in [0.29, 0.717) is 0 Å². The predicted octanol–water partition coefficient (Wildman–Crippen LogP) is 2.08. The summed E-state index contributed by atoms with van der Waals surface area (Å²) in [6.45, 7) is 5.49. The van der Waals surface area contributed by atoms with Crippen LogP contribution in [0, 0.1) is 0 Å². The molecule has 1 aliphatic heterocycles. The fraction of sp³-hybridized carbons (Fsp3) is 0.500. The van der Waals surface area contributed by atoms with E-state index >= 15 is 0 Å². The number of nitrogens with one attached hydrogen (secondary N) is 1. The topological polar surface area (TPSA) is 21.3 Å². The van der Waals surface area contributed by atoms with Crippen LogP contribution in [0.5, 0.6) is 5.75 Å². The molecule has 2 rings (SSSR count). The summed E-state index contributed by atoms with van der Waals surface area (Å²) in [6.07, 6.45) is 1.09. The summed E-state index contributed by atoms with van der Waals surface area (Å²) in [5.74, 6) is 0.960. The van der Waals surface area contributed by atoms with Gasteiger partial charge in [0.15, 0.2) is 0 Å². The summed E-state index contributed by atoms with van der Waals surface area (Å²) in [4.78, 5) is 0. The van der Waals surface area contributed by atoms with E-state index in [1.54, 1.807) is 7.11 Å². The van der Waals surface area contributed by atoms with Crippen LogP contribution in [-0.2, 0) is 12.0 Å². The van der Waals surface area contributed by atoms with Gasteiger partial charge in [0.2, 0.25) is 0 Å². The van der Waals surface area contributed by atoms with Crippen molar-refractivity contribution in [1.29, 1.82) is 0 Å². The van der Waals surface area contributed by atoms with Crippen LogP contribution in [0.2, 0.25) is 0 Å². The van der Waals surface area contributed by atoms with E-state index in [9.17, 15) is 0 Å². The zero-order chi connectivity index (χ0) is 10.2. The minimum atomic E-state index is 0.0971. The van der Waals surface area contributed by atoms with Crippen LogP contribution in [0.3, 0.4) is 0 Å². The van der Waals surface area contributed by atoms with Gasteiger partial charge in [0.05, 0.1) is 7.11 Å². The van der Waals surface area contributed by atoms with Crippen LogP contribution in [-0.4, -0.2) is 13.7 Å². The molecule has 0 saturated carbocycles. The number of hydrogen-bond acceptors (Lipinski definition) is 2. The molecule has 2 nitrogen and oxygen atoms in total. The predicted molar refractivity (Wildman–Crippen MR) is 57.7 cm³/mol. The van der Waals surface area contributed by atoms with Crippen molar-refractivity contribution in [3.63, 3.8) is 0 Å². The molecule has 0 aliphatic carbocycles. The number of fused-ring (bicyclic) bond motifs is 1. The number of benzene rings is 1. The van der Waals surface area contributed by atoms with E-state index in [-0.39, 0.29) is 5.54 Å². The Morgan fingerprint density at radius 3 is 2.86 bits per heavy atom. The van der Waals surface area contributed by atoms with E-state index in [1.165, 1.54) is 11.1 Å². The minimum absolute atomic E-state index is 0.0971. The second-order valence-electron chi connectivity index (χ2n) is 4.32. The molecule has 0 atom stereocenters. The van der Waals surface area contributed by atoms with Crippen LogP contribution in [0.4, 0.5) is 0 Å². The Kier molecular flexibility index (Phi) is 2.23. The maximum Gasteiger partial charge on any atom is 0.119 e. The van der Waals surface area contributed by atoms with Gasteiger partial charge in [-0.05, 0) is 50.1 Å². The van der Waals surface area contributed by atoms with Gasteiger partial charge >= 0.3 is 0 Å². The SMILES string of the molecule is COc1ccc2c(c1)CCNC2(C)C.